The third kappa shape index (κ3) is 7.33. The van der Waals surface area contributed by atoms with Gasteiger partial charge in [-0.2, -0.15) is 0 Å². The van der Waals surface area contributed by atoms with Gasteiger partial charge < -0.3 is 15.5 Å². The number of hydrogen-bond acceptors (Lipinski definition) is 2. The highest BCUT2D eigenvalue weighted by Gasteiger charge is 2.20. The van der Waals surface area contributed by atoms with Crippen LogP contribution in [-0.4, -0.2) is 32.0 Å². The summed E-state index contributed by atoms with van der Waals surface area (Å²) in [5.74, 6) is 0.203. The number of quaternary nitrogens is 1. The molecule has 2 amide bonds. The van der Waals surface area contributed by atoms with Gasteiger partial charge in [-0.25, -0.2) is 0 Å². The lowest BCUT2D eigenvalue weighted by atomic mass is 9.97. The van der Waals surface area contributed by atoms with Crippen LogP contribution in [0.4, 0.5) is 5.69 Å². The molecule has 5 nitrogen and oxygen atoms in total. The van der Waals surface area contributed by atoms with Crippen LogP contribution in [0, 0.1) is 5.92 Å². The highest BCUT2D eigenvalue weighted by molar-refractivity contribution is 6.33. The Hall–Kier alpha value is -2.37. The molecule has 2 aromatic rings. The number of amides is 2. The van der Waals surface area contributed by atoms with E-state index in [2.05, 4.69) is 24.5 Å². The van der Waals surface area contributed by atoms with Crippen molar-refractivity contribution >= 4 is 29.1 Å². The van der Waals surface area contributed by atoms with Gasteiger partial charge in [-0.15, -0.1) is 0 Å². The average Bonchev–Trinajstić information content (AvgIpc) is 2.63. The molecule has 0 heterocycles. The molecule has 0 radical (unpaired) electrons. The number of rotatable bonds is 9. The third-order valence-electron chi connectivity index (χ3n) is 4.32. The SMILES string of the molecule is CC(C)C[C@@H](NC(=O)C[NH+](C)CC(=O)Nc1ccccc1Cl)c1ccccc1. The van der Waals surface area contributed by atoms with Crippen LogP contribution >= 0.6 is 11.6 Å². The van der Waals surface area contributed by atoms with Crippen molar-refractivity contribution in [3.05, 3.63) is 65.2 Å². The number of anilines is 1. The van der Waals surface area contributed by atoms with Gasteiger partial charge in [0.05, 0.1) is 23.8 Å². The first-order chi connectivity index (χ1) is 13.3. The van der Waals surface area contributed by atoms with E-state index in [-0.39, 0.29) is 30.9 Å². The minimum atomic E-state index is -0.180. The van der Waals surface area contributed by atoms with Gasteiger partial charge in [-0.1, -0.05) is 67.9 Å². The Morgan fingerprint density at radius 2 is 1.57 bits per heavy atom. The van der Waals surface area contributed by atoms with Gasteiger partial charge in [-0.05, 0) is 30.0 Å². The molecule has 3 N–H and O–H groups in total. The highest BCUT2D eigenvalue weighted by Crippen LogP contribution is 2.21. The maximum Gasteiger partial charge on any atom is 0.279 e. The molecule has 2 rings (SSSR count). The molecule has 0 spiro atoms. The second kappa shape index (κ2) is 10.8. The van der Waals surface area contributed by atoms with Gasteiger partial charge in [0.2, 0.25) is 0 Å². The van der Waals surface area contributed by atoms with E-state index in [1.807, 2.05) is 43.4 Å². The molecule has 2 aromatic carbocycles. The van der Waals surface area contributed by atoms with Crippen LogP contribution in [0.5, 0.6) is 0 Å². The fourth-order valence-corrected chi connectivity index (χ4v) is 3.23. The van der Waals surface area contributed by atoms with E-state index < -0.39 is 0 Å². The average molecular weight is 403 g/mol. The summed E-state index contributed by atoms with van der Waals surface area (Å²) in [4.78, 5) is 25.6. The number of hydrogen-bond donors (Lipinski definition) is 3. The lowest BCUT2D eigenvalue weighted by molar-refractivity contribution is -0.862. The molecule has 0 aliphatic heterocycles. The molecule has 0 aliphatic carbocycles. The Bertz CT molecular complexity index is 780. The van der Waals surface area contributed by atoms with Gasteiger partial charge in [0.1, 0.15) is 0 Å². The van der Waals surface area contributed by atoms with E-state index >= 15 is 0 Å². The monoisotopic (exact) mass is 402 g/mol. The predicted octanol–water partition coefficient (Wildman–Crippen LogP) is 2.70. The third-order valence-corrected chi connectivity index (χ3v) is 4.65. The zero-order valence-corrected chi connectivity index (χ0v) is 17.4. The fraction of sp³-hybridized carbons (Fsp3) is 0.364. The molecule has 2 atom stereocenters. The molecule has 1 unspecified atom stereocenters. The number of halogens is 1. The van der Waals surface area contributed by atoms with Crippen LogP contribution in [0.15, 0.2) is 54.6 Å². The summed E-state index contributed by atoms with van der Waals surface area (Å²) in [6, 6.07) is 17.0. The van der Waals surface area contributed by atoms with Crippen molar-refractivity contribution in [3.8, 4) is 0 Å². The topological polar surface area (TPSA) is 62.6 Å². The van der Waals surface area contributed by atoms with Gasteiger partial charge >= 0.3 is 0 Å². The maximum atomic E-state index is 12.5. The second-order valence-corrected chi connectivity index (χ2v) is 7.91. The van der Waals surface area contributed by atoms with Crippen molar-refractivity contribution in [1.29, 1.82) is 0 Å². The fourth-order valence-electron chi connectivity index (χ4n) is 3.05. The number of benzene rings is 2. The first-order valence-corrected chi connectivity index (χ1v) is 9.93. The van der Waals surface area contributed by atoms with Gasteiger partial charge in [0.25, 0.3) is 11.8 Å². The lowest BCUT2D eigenvalue weighted by Gasteiger charge is -2.22. The Labute approximate surface area is 172 Å². The molecule has 28 heavy (non-hydrogen) atoms. The van der Waals surface area contributed by atoms with Crippen molar-refractivity contribution in [2.75, 3.05) is 25.5 Å². The summed E-state index contributed by atoms with van der Waals surface area (Å²) < 4.78 is 0. The molecular weight excluding hydrogens is 374 g/mol. The molecular formula is C22H29ClN3O2+. The van der Waals surface area contributed by atoms with E-state index in [1.54, 1.807) is 18.2 Å². The summed E-state index contributed by atoms with van der Waals surface area (Å²) in [5.41, 5.74) is 1.67. The van der Waals surface area contributed by atoms with E-state index in [4.69, 9.17) is 11.6 Å². The van der Waals surface area contributed by atoms with Crippen molar-refractivity contribution in [3.63, 3.8) is 0 Å². The van der Waals surface area contributed by atoms with Crippen LogP contribution in [0.3, 0.4) is 0 Å². The van der Waals surface area contributed by atoms with E-state index in [1.165, 1.54) is 0 Å². The Morgan fingerprint density at radius 3 is 2.21 bits per heavy atom. The molecule has 0 aliphatic rings. The standard InChI is InChI=1S/C22H28ClN3O2/c1-16(2)13-20(17-9-5-4-6-10-17)25-22(28)15-26(3)14-21(27)24-19-12-8-7-11-18(19)23/h4-12,16,20H,13-15H2,1-3H3,(H,24,27)(H,25,28)/p+1/t20-/m1/s1. The van der Waals surface area contributed by atoms with Crippen LogP contribution in [0.1, 0.15) is 31.9 Å². The second-order valence-electron chi connectivity index (χ2n) is 7.50. The van der Waals surface area contributed by atoms with Crippen LogP contribution in [0.25, 0.3) is 0 Å². The molecule has 0 fully saturated rings. The summed E-state index contributed by atoms with van der Waals surface area (Å²) in [7, 11) is 1.83. The highest BCUT2D eigenvalue weighted by atomic mass is 35.5. The van der Waals surface area contributed by atoms with E-state index in [0.29, 0.717) is 16.6 Å². The largest absolute Gasteiger partial charge is 0.344 e. The van der Waals surface area contributed by atoms with Gasteiger partial charge in [0.15, 0.2) is 13.1 Å². The van der Waals surface area contributed by atoms with Crippen LogP contribution in [-0.2, 0) is 9.59 Å². The van der Waals surface area contributed by atoms with Gasteiger partial charge in [0, 0.05) is 0 Å². The molecule has 0 aromatic heterocycles. The molecule has 0 saturated carbocycles. The molecule has 0 saturated heterocycles. The van der Waals surface area contributed by atoms with Gasteiger partial charge in [-0.3, -0.25) is 9.59 Å². The molecule has 150 valence electrons. The van der Waals surface area contributed by atoms with E-state index in [0.717, 1.165) is 16.9 Å². The number of nitrogens with one attached hydrogen (secondary N) is 3. The van der Waals surface area contributed by atoms with Crippen molar-refractivity contribution in [2.45, 2.75) is 26.3 Å². The Morgan fingerprint density at radius 1 is 0.964 bits per heavy atom. The first-order valence-electron chi connectivity index (χ1n) is 9.55. The maximum absolute atomic E-state index is 12.5. The predicted molar refractivity (Wildman–Crippen MR) is 113 cm³/mol. The molecule has 0 bridgehead atoms. The smallest absolute Gasteiger partial charge is 0.279 e. The quantitative estimate of drug-likeness (QED) is 0.604. The number of carbonyl (C=O) groups is 2. The normalized spacial score (nSPS) is 13.0. The zero-order chi connectivity index (χ0) is 20.5. The first kappa shape index (κ1) is 21.9. The van der Waals surface area contributed by atoms with Crippen LogP contribution < -0.4 is 15.5 Å². The lowest BCUT2D eigenvalue weighted by Crippen LogP contribution is -3.11. The minimum absolute atomic E-state index is 0.0292. The number of likely N-dealkylation sites (N-methyl/N-ethyl adjacent to an activating group) is 1. The summed E-state index contributed by atoms with van der Waals surface area (Å²) in [6.45, 7) is 4.67. The molecule has 6 heteroatoms. The van der Waals surface area contributed by atoms with Crippen LogP contribution in [0.2, 0.25) is 5.02 Å². The van der Waals surface area contributed by atoms with E-state index in [9.17, 15) is 9.59 Å². The number of carbonyl (C=O) groups excluding carboxylic acids is 2. The summed E-state index contributed by atoms with van der Waals surface area (Å²) in [6.07, 6.45) is 0.863. The minimum Gasteiger partial charge on any atom is -0.344 e. The number of para-hydroxylation sites is 1. The zero-order valence-electron chi connectivity index (χ0n) is 16.7. The summed E-state index contributed by atoms with van der Waals surface area (Å²) in [5, 5.41) is 6.39. The summed E-state index contributed by atoms with van der Waals surface area (Å²) >= 11 is 6.06. The Kier molecular flexibility index (Phi) is 8.48. The van der Waals surface area contributed by atoms with Crippen molar-refractivity contribution in [1.82, 2.24) is 5.32 Å². The Balaban J connectivity index is 1.88. The van der Waals surface area contributed by atoms with Crippen molar-refractivity contribution in [2.24, 2.45) is 5.92 Å². The van der Waals surface area contributed by atoms with Crippen molar-refractivity contribution < 1.29 is 14.5 Å².